The average Bonchev–Trinajstić information content (AvgIpc) is 3.30. The van der Waals surface area contributed by atoms with Gasteiger partial charge in [-0.15, -0.1) is 0 Å². The number of nitrogens with zero attached hydrogens (tertiary/aromatic N) is 2. The van der Waals surface area contributed by atoms with Gasteiger partial charge < -0.3 is 14.3 Å². The second-order valence-corrected chi connectivity index (χ2v) is 10.2. The zero-order valence-electron chi connectivity index (χ0n) is 20.7. The number of carbonyl (C=O) groups is 2. The van der Waals surface area contributed by atoms with Crippen LogP contribution >= 0.6 is 0 Å². The number of anilines is 1. The predicted molar refractivity (Wildman–Crippen MR) is 139 cm³/mol. The Hall–Kier alpha value is -4.13. The molecule has 36 heavy (non-hydrogen) atoms. The highest BCUT2D eigenvalue weighted by Gasteiger charge is 2.42. The molecule has 2 aromatic heterocycles. The molecule has 0 spiro atoms. The quantitative estimate of drug-likeness (QED) is 0.449. The number of aryl methyl sites for hydroxylation is 1. The van der Waals surface area contributed by atoms with Crippen molar-refractivity contribution in [2.45, 2.75) is 40.2 Å². The first-order chi connectivity index (χ1) is 17.2. The number of hydrogen-bond acceptors (Lipinski definition) is 5. The Kier molecular flexibility index (Phi) is 4.93. The summed E-state index contributed by atoms with van der Waals surface area (Å²) >= 11 is 0. The van der Waals surface area contributed by atoms with E-state index < -0.39 is 5.92 Å². The first-order valence-electron chi connectivity index (χ1n) is 12.2. The van der Waals surface area contributed by atoms with E-state index in [1.165, 1.54) is 18.1 Å². The van der Waals surface area contributed by atoms with Gasteiger partial charge in [-0.1, -0.05) is 31.5 Å². The molecule has 0 saturated carbocycles. The fourth-order valence-corrected chi connectivity index (χ4v) is 5.60. The van der Waals surface area contributed by atoms with Crippen molar-refractivity contribution >= 4 is 39.4 Å². The van der Waals surface area contributed by atoms with E-state index in [0.29, 0.717) is 33.7 Å². The van der Waals surface area contributed by atoms with Crippen LogP contribution in [0.25, 0.3) is 21.9 Å². The molecule has 2 aliphatic heterocycles. The molecule has 0 aliphatic carbocycles. The summed E-state index contributed by atoms with van der Waals surface area (Å²) in [5.41, 5.74) is 5.48. The normalized spacial score (nSPS) is 17.2. The van der Waals surface area contributed by atoms with Crippen molar-refractivity contribution in [1.29, 1.82) is 0 Å². The Morgan fingerprint density at radius 3 is 2.72 bits per heavy atom. The summed E-state index contributed by atoms with van der Waals surface area (Å²) in [5, 5.41) is 4.91. The predicted octanol–water partition coefficient (Wildman–Crippen LogP) is 4.91. The maximum atomic E-state index is 13.9. The number of nitrogens with one attached hydrogen (secondary N) is 1. The monoisotopic (exact) mass is 481 g/mol. The minimum Gasteiger partial charge on any atom is -0.464 e. The molecule has 2 amide bonds. The van der Waals surface area contributed by atoms with Gasteiger partial charge in [0.05, 0.1) is 35.2 Å². The van der Waals surface area contributed by atoms with Crippen molar-refractivity contribution in [1.82, 2.24) is 9.47 Å². The van der Waals surface area contributed by atoms with Crippen LogP contribution < -0.4 is 10.7 Å². The van der Waals surface area contributed by atoms with Crippen LogP contribution in [0.4, 0.5) is 5.69 Å². The number of hydrogen-bond donors (Lipinski definition) is 1. The summed E-state index contributed by atoms with van der Waals surface area (Å²) in [4.78, 5) is 41.2. The Morgan fingerprint density at radius 2 is 1.97 bits per heavy atom. The molecule has 0 radical (unpaired) electrons. The van der Waals surface area contributed by atoms with Crippen LogP contribution in [0.1, 0.15) is 43.4 Å². The van der Waals surface area contributed by atoms with Gasteiger partial charge in [-0.3, -0.25) is 19.3 Å². The molecule has 0 fully saturated rings. The molecular weight excluding hydrogens is 454 g/mol. The molecule has 2 aliphatic rings. The number of benzene rings is 2. The second kappa shape index (κ2) is 7.95. The summed E-state index contributed by atoms with van der Waals surface area (Å²) in [7, 11) is 0. The Morgan fingerprint density at radius 1 is 1.17 bits per heavy atom. The molecule has 4 aromatic rings. The standard InChI is InChI=1S/C29H27N3O4/c1-15(2)11-31-12-19-25(20-14-36-24-9-8-16(3)10-18(24)28(20)34)27-22(13-32(17(4)33)29(27)35)30-21-6-5-7-23(31)26(19)21/h5-10,12,14-15,25,30H,11,13H2,1-4H3/t25-/m0/s1. The van der Waals surface area contributed by atoms with Crippen LogP contribution in [0.5, 0.6) is 0 Å². The van der Waals surface area contributed by atoms with E-state index >= 15 is 0 Å². The fourth-order valence-electron chi connectivity index (χ4n) is 5.60. The van der Waals surface area contributed by atoms with E-state index in [0.717, 1.165) is 34.3 Å². The van der Waals surface area contributed by atoms with Crippen LogP contribution in [0, 0.1) is 12.8 Å². The molecule has 0 saturated heterocycles. The van der Waals surface area contributed by atoms with E-state index in [1.54, 1.807) is 6.07 Å². The van der Waals surface area contributed by atoms with E-state index in [1.807, 2.05) is 31.2 Å². The van der Waals surface area contributed by atoms with Gasteiger partial charge in [-0.05, 0) is 42.7 Å². The fraction of sp³-hybridized carbons (Fsp3) is 0.276. The van der Waals surface area contributed by atoms with Gasteiger partial charge in [0.1, 0.15) is 5.58 Å². The van der Waals surface area contributed by atoms with Gasteiger partial charge >= 0.3 is 0 Å². The number of rotatable bonds is 3. The lowest BCUT2D eigenvalue weighted by atomic mass is 9.84. The molecule has 182 valence electrons. The van der Waals surface area contributed by atoms with Crippen LogP contribution in [-0.4, -0.2) is 27.8 Å². The van der Waals surface area contributed by atoms with Gasteiger partial charge in [-0.2, -0.15) is 0 Å². The number of carbonyl (C=O) groups excluding carboxylic acids is 2. The lowest BCUT2D eigenvalue weighted by Crippen LogP contribution is -2.33. The number of amides is 2. The minimum absolute atomic E-state index is 0.144. The molecule has 1 N–H and O–H groups in total. The van der Waals surface area contributed by atoms with E-state index in [2.05, 4.69) is 36.0 Å². The molecule has 4 heterocycles. The molecule has 7 nitrogen and oxygen atoms in total. The Labute approximate surface area is 208 Å². The number of fused-ring (bicyclic) bond motifs is 1. The average molecular weight is 482 g/mol. The summed E-state index contributed by atoms with van der Waals surface area (Å²) in [6, 6.07) is 11.5. The molecule has 6 rings (SSSR count). The van der Waals surface area contributed by atoms with E-state index in [4.69, 9.17) is 4.42 Å². The smallest absolute Gasteiger partial charge is 0.259 e. The van der Waals surface area contributed by atoms with Crippen LogP contribution in [0.15, 0.2) is 69.3 Å². The zero-order valence-corrected chi connectivity index (χ0v) is 20.7. The summed E-state index contributed by atoms with van der Waals surface area (Å²) in [6.45, 7) is 8.56. The lowest BCUT2D eigenvalue weighted by Gasteiger charge is -2.19. The van der Waals surface area contributed by atoms with Crippen LogP contribution in [0.3, 0.4) is 0 Å². The van der Waals surface area contributed by atoms with Gasteiger partial charge in [0.15, 0.2) is 5.43 Å². The third kappa shape index (κ3) is 3.22. The zero-order chi connectivity index (χ0) is 25.3. The largest absolute Gasteiger partial charge is 0.464 e. The minimum atomic E-state index is -0.676. The van der Waals surface area contributed by atoms with Gasteiger partial charge in [0.2, 0.25) is 5.91 Å². The van der Waals surface area contributed by atoms with Crippen molar-refractivity contribution in [3.8, 4) is 0 Å². The third-order valence-electron chi connectivity index (χ3n) is 7.15. The van der Waals surface area contributed by atoms with Crippen molar-refractivity contribution in [2.75, 3.05) is 11.9 Å². The molecule has 0 unspecified atom stereocenters. The highest BCUT2D eigenvalue weighted by Crippen LogP contribution is 2.46. The lowest BCUT2D eigenvalue weighted by molar-refractivity contribution is -0.139. The van der Waals surface area contributed by atoms with E-state index in [-0.39, 0.29) is 23.8 Å². The SMILES string of the molecule is CC(=O)N1CC2=C(C1=O)[C@H](c1coc3ccc(C)cc3c1=O)c1cn(CC(C)C)c3cccc(c13)N2. The van der Waals surface area contributed by atoms with E-state index in [9.17, 15) is 14.4 Å². The van der Waals surface area contributed by atoms with Crippen LogP contribution in [-0.2, 0) is 16.1 Å². The third-order valence-corrected chi connectivity index (χ3v) is 7.15. The van der Waals surface area contributed by atoms with Crippen molar-refractivity contribution in [2.24, 2.45) is 5.92 Å². The second-order valence-electron chi connectivity index (χ2n) is 10.2. The molecular formula is C29H27N3O4. The van der Waals surface area contributed by atoms with Gasteiger partial charge in [0.25, 0.3) is 5.91 Å². The summed E-state index contributed by atoms with van der Waals surface area (Å²) in [6.07, 6.45) is 3.54. The highest BCUT2D eigenvalue weighted by atomic mass is 16.3. The van der Waals surface area contributed by atoms with Crippen molar-refractivity contribution in [3.63, 3.8) is 0 Å². The Bertz CT molecular complexity index is 1690. The maximum Gasteiger partial charge on any atom is 0.259 e. The van der Waals surface area contributed by atoms with Gasteiger partial charge in [-0.25, -0.2) is 0 Å². The summed E-state index contributed by atoms with van der Waals surface area (Å²) < 4.78 is 8.13. The topological polar surface area (TPSA) is 84.6 Å². The van der Waals surface area contributed by atoms with Crippen molar-refractivity contribution < 1.29 is 14.0 Å². The first-order valence-corrected chi connectivity index (χ1v) is 12.2. The Balaban J connectivity index is 1.68. The number of aromatic nitrogens is 1. The first kappa shape index (κ1) is 22.3. The molecule has 1 atom stereocenters. The molecule has 7 heteroatoms. The van der Waals surface area contributed by atoms with Gasteiger partial charge in [0, 0.05) is 42.0 Å². The molecule has 0 bridgehead atoms. The summed E-state index contributed by atoms with van der Waals surface area (Å²) in [5.74, 6) is -0.983. The van der Waals surface area contributed by atoms with Crippen molar-refractivity contribution in [3.05, 3.63) is 87.0 Å². The number of imide groups is 1. The van der Waals surface area contributed by atoms with Crippen LogP contribution in [0.2, 0.25) is 0 Å². The highest BCUT2D eigenvalue weighted by molar-refractivity contribution is 6.11. The molecule has 2 aromatic carbocycles. The maximum absolute atomic E-state index is 13.9.